The number of rotatable bonds is 9. The maximum absolute atomic E-state index is 13.2. The zero-order valence-corrected chi connectivity index (χ0v) is 24.1. The van der Waals surface area contributed by atoms with E-state index in [0.29, 0.717) is 43.5 Å². The quantitative estimate of drug-likeness (QED) is 0.318. The molecule has 5 rings (SSSR count). The molecule has 0 saturated carbocycles. The van der Waals surface area contributed by atoms with Crippen molar-refractivity contribution >= 4 is 17.8 Å². The van der Waals surface area contributed by atoms with Gasteiger partial charge in [0.15, 0.2) is 0 Å². The number of likely N-dealkylation sites (tertiary alicyclic amines) is 1. The Balaban J connectivity index is 1.24. The van der Waals surface area contributed by atoms with Gasteiger partial charge in [0.25, 0.3) is 0 Å². The minimum atomic E-state index is -0.722. The van der Waals surface area contributed by atoms with Crippen molar-refractivity contribution < 1.29 is 33.3 Å². The zero-order valence-electron chi connectivity index (χ0n) is 24.1. The molecule has 42 heavy (non-hydrogen) atoms. The fourth-order valence-electron chi connectivity index (χ4n) is 5.23. The highest BCUT2D eigenvalue weighted by atomic mass is 16.6. The summed E-state index contributed by atoms with van der Waals surface area (Å²) in [5, 5.41) is 0. The van der Waals surface area contributed by atoms with Crippen LogP contribution in [0.25, 0.3) is 0 Å². The highest BCUT2D eigenvalue weighted by molar-refractivity contribution is 5.90. The lowest BCUT2D eigenvalue weighted by atomic mass is 10.1. The lowest BCUT2D eigenvalue weighted by Crippen LogP contribution is -2.40. The summed E-state index contributed by atoms with van der Waals surface area (Å²) in [7, 11) is 0. The van der Waals surface area contributed by atoms with Gasteiger partial charge < -0.3 is 23.8 Å². The van der Waals surface area contributed by atoms with Gasteiger partial charge in [-0.25, -0.2) is 9.59 Å². The Morgan fingerprint density at radius 1 is 0.857 bits per heavy atom. The van der Waals surface area contributed by atoms with E-state index in [-0.39, 0.29) is 25.0 Å². The molecule has 0 aromatic heterocycles. The number of ether oxygens (including phenoxy) is 4. The Morgan fingerprint density at radius 2 is 1.50 bits per heavy atom. The van der Waals surface area contributed by atoms with Gasteiger partial charge in [0.05, 0.1) is 23.8 Å². The maximum atomic E-state index is 13.2. The molecule has 0 unspecified atom stereocenters. The van der Waals surface area contributed by atoms with E-state index in [1.807, 2.05) is 68.4 Å². The van der Waals surface area contributed by atoms with E-state index in [0.717, 1.165) is 16.7 Å². The number of carbonyl (C=O) groups is 3. The summed E-state index contributed by atoms with van der Waals surface area (Å²) in [4.78, 5) is 40.6. The smallest absolute Gasteiger partial charge is 0.338 e. The Hall–Kier alpha value is -4.01. The van der Waals surface area contributed by atoms with Crippen LogP contribution < -0.4 is 0 Å². The first kappa shape index (κ1) is 29.5. The van der Waals surface area contributed by atoms with Gasteiger partial charge >= 0.3 is 11.9 Å². The number of nitrogens with zero attached hydrogens (tertiary/aromatic N) is 1. The lowest BCUT2D eigenvalue weighted by molar-refractivity contribution is -0.146. The molecule has 0 bridgehead atoms. The number of esters is 2. The van der Waals surface area contributed by atoms with Gasteiger partial charge in [0, 0.05) is 19.4 Å². The molecule has 2 aliphatic heterocycles. The van der Waals surface area contributed by atoms with Gasteiger partial charge in [0.2, 0.25) is 5.91 Å². The van der Waals surface area contributed by atoms with Crippen LogP contribution in [-0.4, -0.2) is 60.4 Å². The number of amides is 1. The number of carbonyl (C=O) groups excluding carboxylic acids is 3. The summed E-state index contributed by atoms with van der Waals surface area (Å²) in [5.41, 5.74) is 4.00. The summed E-state index contributed by atoms with van der Waals surface area (Å²) >= 11 is 0. The highest BCUT2D eigenvalue weighted by Crippen LogP contribution is 2.30. The second-order valence-corrected chi connectivity index (χ2v) is 11.0. The number of hydrogen-bond acceptors (Lipinski definition) is 7. The molecule has 0 spiro atoms. The average molecular weight is 572 g/mol. The predicted molar refractivity (Wildman–Crippen MR) is 156 cm³/mol. The van der Waals surface area contributed by atoms with Crippen LogP contribution in [0.1, 0.15) is 63.1 Å². The summed E-state index contributed by atoms with van der Waals surface area (Å²) in [6.07, 6.45) is -0.175. The van der Waals surface area contributed by atoms with E-state index in [2.05, 4.69) is 0 Å². The lowest BCUT2D eigenvalue weighted by Gasteiger charge is -2.27. The van der Waals surface area contributed by atoms with Crippen LogP contribution in [0.15, 0.2) is 78.9 Å². The van der Waals surface area contributed by atoms with Gasteiger partial charge in [-0.15, -0.1) is 0 Å². The SMILES string of the molecule is Cc1ccc(C(=O)OC[C@H]2O[C@@H](N3CC[C@H](OCc4ccccc4)CCC3=O)C[C@@H]2OC(=O)c2ccc(C)cc2)cc1. The highest BCUT2D eigenvalue weighted by Gasteiger charge is 2.43. The molecule has 8 nitrogen and oxygen atoms in total. The minimum Gasteiger partial charge on any atom is -0.459 e. The van der Waals surface area contributed by atoms with Gasteiger partial charge in [-0.2, -0.15) is 0 Å². The molecule has 8 heteroatoms. The average Bonchev–Trinajstić information content (AvgIpc) is 3.29. The second kappa shape index (κ2) is 13.8. The van der Waals surface area contributed by atoms with Crippen molar-refractivity contribution in [3.8, 4) is 0 Å². The zero-order chi connectivity index (χ0) is 29.5. The molecule has 1 amide bonds. The molecule has 220 valence electrons. The number of benzene rings is 3. The van der Waals surface area contributed by atoms with Crippen molar-refractivity contribution in [3.63, 3.8) is 0 Å². The summed E-state index contributed by atoms with van der Waals surface area (Å²) in [6.45, 7) is 4.72. The van der Waals surface area contributed by atoms with Gasteiger partial charge in [-0.1, -0.05) is 65.7 Å². The Kier molecular flexibility index (Phi) is 9.66. The van der Waals surface area contributed by atoms with Crippen molar-refractivity contribution in [3.05, 3.63) is 107 Å². The molecule has 2 fully saturated rings. The van der Waals surface area contributed by atoms with Crippen molar-refractivity contribution in [2.45, 2.75) is 70.7 Å². The second-order valence-electron chi connectivity index (χ2n) is 11.0. The van der Waals surface area contributed by atoms with Crippen molar-refractivity contribution in [1.29, 1.82) is 0 Å². The van der Waals surface area contributed by atoms with Crippen LogP contribution in [0, 0.1) is 13.8 Å². The van der Waals surface area contributed by atoms with Crippen molar-refractivity contribution in [2.24, 2.45) is 0 Å². The van der Waals surface area contributed by atoms with Crippen LogP contribution >= 0.6 is 0 Å². The number of hydrogen-bond donors (Lipinski definition) is 0. The van der Waals surface area contributed by atoms with Crippen LogP contribution in [0.4, 0.5) is 0 Å². The fourth-order valence-corrected chi connectivity index (χ4v) is 5.23. The molecular formula is C34H37NO7. The fraction of sp³-hybridized carbons (Fsp3) is 0.382. The molecule has 0 radical (unpaired) electrons. The van der Waals surface area contributed by atoms with Crippen LogP contribution in [0.3, 0.4) is 0 Å². The van der Waals surface area contributed by atoms with Crippen molar-refractivity contribution in [2.75, 3.05) is 13.2 Å². The maximum Gasteiger partial charge on any atom is 0.338 e. The molecule has 2 saturated heterocycles. The van der Waals surface area contributed by atoms with Gasteiger partial charge in [0.1, 0.15) is 25.0 Å². The van der Waals surface area contributed by atoms with Gasteiger partial charge in [-0.05, 0) is 56.5 Å². The summed E-state index contributed by atoms with van der Waals surface area (Å²) in [5.74, 6) is -1.02. The van der Waals surface area contributed by atoms with E-state index >= 15 is 0 Å². The van der Waals surface area contributed by atoms with Crippen LogP contribution in [0.2, 0.25) is 0 Å². The van der Waals surface area contributed by atoms with Crippen molar-refractivity contribution in [1.82, 2.24) is 4.90 Å². The van der Waals surface area contributed by atoms with E-state index < -0.39 is 30.4 Å². The molecular weight excluding hydrogens is 534 g/mol. The molecule has 3 aromatic carbocycles. The first-order valence-corrected chi connectivity index (χ1v) is 14.5. The number of aryl methyl sites for hydroxylation is 2. The van der Waals surface area contributed by atoms with Crippen LogP contribution in [0.5, 0.6) is 0 Å². The predicted octanol–water partition coefficient (Wildman–Crippen LogP) is 5.40. The summed E-state index contributed by atoms with van der Waals surface area (Å²) in [6, 6.07) is 24.2. The van der Waals surface area contributed by atoms with Gasteiger partial charge in [-0.3, -0.25) is 4.79 Å². The third kappa shape index (κ3) is 7.63. The first-order chi connectivity index (χ1) is 20.4. The third-order valence-corrected chi connectivity index (χ3v) is 7.76. The Bertz CT molecular complexity index is 1360. The molecule has 0 N–H and O–H groups in total. The van der Waals surface area contributed by atoms with E-state index in [1.165, 1.54) is 0 Å². The molecule has 2 aliphatic rings. The van der Waals surface area contributed by atoms with Crippen LogP contribution in [-0.2, 0) is 30.3 Å². The normalized spacial score (nSPS) is 22.4. The summed E-state index contributed by atoms with van der Waals surface area (Å²) < 4.78 is 23.9. The molecule has 3 aromatic rings. The Labute approximate surface area is 246 Å². The van der Waals surface area contributed by atoms with E-state index in [1.54, 1.807) is 29.2 Å². The monoisotopic (exact) mass is 571 g/mol. The standard InChI is InChI=1S/C34H37NO7/c1-23-8-12-26(13-9-23)33(37)40-22-30-29(42-34(38)27-14-10-24(2)11-15-27)20-32(41-30)35-19-18-28(16-17-31(35)36)39-21-25-6-4-3-5-7-25/h3-15,28-30,32H,16-22H2,1-2H3/t28-,29+,30-,32-/m1/s1. The van der Waals surface area contributed by atoms with E-state index in [4.69, 9.17) is 18.9 Å². The largest absolute Gasteiger partial charge is 0.459 e. The molecule has 4 atom stereocenters. The minimum absolute atomic E-state index is 0.0354. The Morgan fingerprint density at radius 3 is 2.17 bits per heavy atom. The third-order valence-electron chi connectivity index (χ3n) is 7.76. The molecule has 2 heterocycles. The van der Waals surface area contributed by atoms with E-state index in [9.17, 15) is 14.4 Å². The molecule has 0 aliphatic carbocycles. The topological polar surface area (TPSA) is 91.4 Å². The first-order valence-electron chi connectivity index (χ1n) is 14.5.